The third kappa shape index (κ3) is 4.45. The number of amides is 1. The number of alkyl halides is 3. The Morgan fingerprint density at radius 2 is 1.89 bits per heavy atom. The molecule has 0 radical (unpaired) electrons. The quantitative estimate of drug-likeness (QED) is 0.691. The molecule has 1 saturated heterocycles. The van der Waals surface area contributed by atoms with Crippen LogP contribution in [0.5, 0.6) is 0 Å². The Kier molecular flexibility index (Phi) is 6.08. The van der Waals surface area contributed by atoms with Crippen LogP contribution in [-0.4, -0.2) is 41.7 Å². The molecule has 2 aromatic rings. The van der Waals surface area contributed by atoms with Gasteiger partial charge in [0.2, 0.25) is 0 Å². The Hall–Kier alpha value is -2.45. The number of aliphatic hydroxyl groups is 1. The number of hydrogen-bond donors (Lipinski definition) is 3. The van der Waals surface area contributed by atoms with Gasteiger partial charge in [-0.1, -0.05) is 30.3 Å². The largest absolute Gasteiger partial charge is 0.386 e. The zero-order valence-electron chi connectivity index (χ0n) is 14.4. The maximum absolute atomic E-state index is 13.1. The minimum Gasteiger partial charge on any atom is -0.386 e. The lowest BCUT2D eigenvalue weighted by molar-refractivity contribution is -0.133. The highest BCUT2D eigenvalue weighted by atomic mass is 19.3. The molecule has 8 heteroatoms. The molecule has 1 aliphatic heterocycles. The van der Waals surface area contributed by atoms with Gasteiger partial charge in [0.05, 0.1) is 17.8 Å². The first-order valence-electron chi connectivity index (χ1n) is 8.62. The molecule has 0 saturated carbocycles. The molecule has 1 unspecified atom stereocenters. The number of carbonyl (C=O) groups excluding carboxylic acids is 1. The van der Waals surface area contributed by atoms with Gasteiger partial charge in [-0.15, -0.1) is 0 Å². The van der Waals surface area contributed by atoms with Crippen molar-refractivity contribution in [3.05, 3.63) is 53.9 Å². The summed E-state index contributed by atoms with van der Waals surface area (Å²) >= 11 is 0. The van der Waals surface area contributed by atoms with Crippen LogP contribution in [0.4, 0.5) is 13.2 Å². The minimum absolute atomic E-state index is 0.303. The van der Waals surface area contributed by atoms with E-state index in [-0.39, 0.29) is 0 Å². The van der Waals surface area contributed by atoms with Gasteiger partial charge in [-0.3, -0.25) is 9.78 Å². The summed E-state index contributed by atoms with van der Waals surface area (Å²) in [4.78, 5) is 15.5. The Morgan fingerprint density at radius 1 is 1.22 bits per heavy atom. The Morgan fingerprint density at radius 3 is 2.37 bits per heavy atom. The molecule has 1 fully saturated rings. The molecule has 0 aliphatic carbocycles. The van der Waals surface area contributed by atoms with E-state index in [1.54, 1.807) is 30.5 Å². The van der Waals surface area contributed by atoms with E-state index >= 15 is 0 Å². The zero-order valence-corrected chi connectivity index (χ0v) is 14.4. The zero-order chi connectivity index (χ0) is 19.4. The van der Waals surface area contributed by atoms with Crippen LogP contribution in [0.15, 0.2) is 42.6 Å². The summed E-state index contributed by atoms with van der Waals surface area (Å²) in [5.74, 6) is -1.61. The van der Waals surface area contributed by atoms with E-state index in [1.807, 2.05) is 17.4 Å². The van der Waals surface area contributed by atoms with Gasteiger partial charge >= 0.3 is 6.43 Å². The molecule has 3 atom stereocenters. The maximum atomic E-state index is 13.1. The van der Waals surface area contributed by atoms with Crippen LogP contribution < -0.4 is 10.6 Å². The molecule has 3 N–H and O–H groups in total. The van der Waals surface area contributed by atoms with Crippen LogP contribution in [-0.2, 0) is 4.79 Å². The number of nitrogens with one attached hydrogen (secondary N) is 2. The Bertz CT molecular complexity index is 765. The average Bonchev–Trinajstić information content (AvgIpc) is 2.64. The number of halogens is 3. The number of benzene rings is 1. The molecule has 5 nitrogen and oxygen atoms in total. The second kappa shape index (κ2) is 8.49. The fraction of sp³-hybridized carbons (Fsp3) is 0.368. The van der Waals surface area contributed by atoms with E-state index in [0.717, 1.165) is 29.8 Å². The second-order valence-corrected chi connectivity index (χ2v) is 6.40. The second-order valence-electron chi connectivity index (χ2n) is 6.40. The minimum atomic E-state index is -3.26. The fourth-order valence-electron chi connectivity index (χ4n) is 2.88. The molecule has 1 aromatic heterocycles. The van der Waals surface area contributed by atoms with Gasteiger partial charge in [-0.25, -0.2) is 4.39 Å². The van der Waals surface area contributed by atoms with Crippen LogP contribution in [0.3, 0.4) is 0 Å². The van der Waals surface area contributed by atoms with Gasteiger partial charge in [0.25, 0.3) is 5.91 Å². The van der Waals surface area contributed by atoms with Crippen molar-refractivity contribution >= 4 is 5.91 Å². The van der Waals surface area contributed by atoms with Gasteiger partial charge in [0.1, 0.15) is 12.8 Å². The summed E-state index contributed by atoms with van der Waals surface area (Å²) in [6.45, 7) is -0.169. The lowest BCUT2D eigenvalue weighted by atomic mass is 9.98. The highest BCUT2D eigenvalue weighted by Crippen LogP contribution is 2.26. The summed E-state index contributed by atoms with van der Waals surface area (Å²) in [7, 11) is 0. The van der Waals surface area contributed by atoms with E-state index in [0.29, 0.717) is 11.6 Å². The highest BCUT2D eigenvalue weighted by Gasteiger charge is 2.26. The van der Waals surface area contributed by atoms with Gasteiger partial charge in [-0.05, 0) is 30.2 Å². The van der Waals surface area contributed by atoms with E-state index in [1.165, 1.54) is 0 Å². The molecular formula is C19H20F3N3O2. The number of nitrogens with zero attached hydrogens (tertiary/aromatic N) is 1. The lowest BCUT2D eigenvalue weighted by Crippen LogP contribution is -2.43. The number of hydrogen-bond acceptors (Lipinski definition) is 4. The van der Waals surface area contributed by atoms with Crippen molar-refractivity contribution < 1.29 is 23.1 Å². The number of carbonyl (C=O) groups is 1. The first kappa shape index (κ1) is 19.3. The molecule has 27 heavy (non-hydrogen) atoms. The molecule has 0 bridgehead atoms. The smallest absolute Gasteiger partial charge is 0.315 e. The van der Waals surface area contributed by atoms with Crippen molar-refractivity contribution in [2.45, 2.75) is 31.0 Å². The first-order valence-corrected chi connectivity index (χ1v) is 8.62. The number of aromatic nitrogens is 1. The normalized spacial score (nSPS) is 18.6. The van der Waals surface area contributed by atoms with Crippen LogP contribution in [0.1, 0.15) is 29.8 Å². The molecule has 0 spiro atoms. The van der Waals surface area contributed by atoms with Crippen molar-refractivity contribution in [2.24, 2.45) is 0 Å². The third-order valence-corrected chi connectivity index (χ3v) is 4.63. The molecule has 1 aliphatic rings. The van der Waals surface area contributed by atoms with Crippen molar-refractivity contribution in [3.63, 3.8) is 0 Å². The predicted octanol–water partition coefficient (Wildman–Crippen LogP) is 2.54. The van der Waals surface area contributed by atoms with E-state index < -0.39 is 31.2 Å². The Balaban J connectivity index is 1.69. The van der Waals surface area contributed by atoms with Gasteiger partial charge in [0, 0.05) is 11.8 Å². The van der Waals surface area contributed by atoms with Crippen molar-refractivity contribution in [2.75, 3.05) is 13.2 Å². The molecule has 2 heterocycles. The molecular weight excluding hydrogens is 359 g/mol. The van der Waals surface area contributed by atoms with Gasteiger partial charge in [0.15, 0.2) is 0 Å². The standard InChI is InChI=1S/C19H20F3N3O2/c20-9-16(25-19(27)18(21)22)17(26)12-3-1-11(2-4-12)13-5-6-14(24-10-13)15-7-8-23-15/h1-6,10,15-18,23,26H,7-9H2,(H,25,27)/t15?,16-,17+/m1/s1. The van der Waals surface area contributed by atoms with Gasteiger partial charge in [-0.2, -0.15) is 8.78 Å². The Labute approximate surface area is 154 Å². The summed E-state index contributed by atoms with van der Waals surface area (Å²) in [6, 6.07) is 9.35. The van der Waals surface area contributed by atoms with E-state index in [9.17, 15) is 23.1 Å². The van der Waals surface area contributed by atoms with E-state index in [4.69, 9.17) is 0 Å². The van der Waals surface area contributed by atoms with Crippen LogP contribution in [0.25, 0.3) is 11.1 Å². The monoisotopic (exact) mass is 379 g/mol. The first-order chi connectivity index (χ1) is 13.0. The molecule has 3 rings (SSSR count). The van der Waals surface area contributed by atoms with Crippen LogP contribution >= 0.6 is 0 Å². The molecule has 1 aromatic carbocycles. The topological polar surface area (TPSA) is 74.2 Å². The van der Waals surface area contributed by atoms with Crippen molar-refractivity contribution in [1.29, 1.82) is 0 Å². The van der Waals surface area contributed by atoms with Crippen LogP contribution in [0.2, 0.25) is 0 Å². The number of pyridine rings is 1. The summed E-state index contributed by atoms with van der Waals surface area (Å²) in [6.07, 6.45) is -1.87. The number of aliphatic hydroxyl groups excluding tert-OH is 1. The van der Waals surface area contributed by atoms with Crippen molar-refractivity contribution in [1.82, 2.24) is 15.6 Å². The highest BCUT2D eigenvalue weighted by molar-refractivity contribution is 5.79. The number of rotatable bonds is 7. The van der Waals surface area contributed by atoms with E-state index in [2.05, 4.69) is 10.3 Å². The average molecular weight is 379 g/mol. The predicted molar refractivity (Wildman–Crippen MR) is 93.9 cm³/mol. The fourth-order valence-corrected chi connectivity index (χ4v) is 2.88. The van der Waals surface area contributed by atoms with Gasteiger partial charge < -0.3 is 15.7 Å². The van der Waals surface area contributed by atoms with Crippen molar-refractivity contribution in [3.8, 4) is 11.1 Å². The molecule has 144 valence electrons. The summed E-state index contributed by atoms with van der Waals surface area (Å²) in [5.41, 5.74) is 3.03. The third-order valence-electron chi connectivity index (χ3n) is 4.63. The SMILES string of the molecule is O=C(N[C@H](CF)[C@@H](O)c1ccc(-c2ccc(C3CCN3)nc2)cc1)C(F)F. The molecule has 1 amide bonds. The summed E-state index contributed by atoms with van der Waals surface area (Å²) in [5, 5.41) is 15.3. The lowest BCUT2D eigenvalue weighted by Gasteiger charge is -2.27. The van der Waals surface area contributed by atoms with Crippen LogP contribution in [0, 0.1) is 0 Å². The maximum Gasteiger partial charge on any atom is 0.315 e. The summed E-state index contributed by atoms with van der Waals surface area (Å²) < 4.78 is 37.7.